The Morgan fingerprint density at radius 1 is 0.349 bits per heavy atom. The Hall–Kier alpha value is -8.74. The summed E-state index contributed by atoms with van der Waals surface area (Å²) in [4.78, 5) is 5.50. The molecule has 396 valence electrons. The van der Waals surface area contributed by atoms with Crippen LogP contribution in [0.25, 0.3) is 153 Å². The molecule has 0 fully saturated rings. The molecule has 0 bridgehead atoms. The first-order valence-corrected chi connectivity index (χ1v) is 31.6. The number of fused-ring (bicyclic) bond motifs is 13. The summed E-state index contributed by atoms with van der Waals surface area (Å²) in [6.45, 7) is 13.8. The van der Waals surface area contributed by atoms with Crippen LogP contribution in [0.3, 0.4) is 0 Å². The van der Waals surface area contributed by atoms with Gasteiger partial charge in [-0.3, -0.25) is 0 Å². The predicted molar refractivity (Wildman–Crippen MR) is 362 cm³/mol. The van der Waals surface area contributed by atoms with Gasteiger partial charge in [0.25, 0.3) is 0 Å². The number of nitrogens with zero attached hydrogens (tertiary/aromatic N) is 3. The minimum atomic E-state index is -0.0162. The number of nitriles is 1. The van der Waals surface area contributed by atoms with Gasteiger partial charge in [0, 0.05) is 93.7 Å². The zero-order chi connectivity index (χ0) is 56.0. The van der Waals surface area contributed by atoms with Crippen molar-refractivity contribution in [2.45, 2.75) is 52.4 Å². The second-order valence-electron chi connectivity index (χ2n) is 24.1. The molecule has 0 N–H and O–H groups in total. The standard InChI is InChI=1S/C76H53N3S4/c1-75(2,3)47-28-35-60-56(40-47)57-41-48(76(4,5)6)29-36-61(57)79(60)49-30-23-43(24-31-49)70-69(44-25-32-53-50-15-7-11-19-62(50)80-66(53)37-44)58(42-77)73(74-78-59-18-10-14-22-65(59)83-74)72(46-27-34-55-52-17-9-13-21-64(52)82-68(55)39-46)71(70)45-26-33-54-51-16-8-12-20-63(51)81-67(54)38-45/h7-41H,1-6H3. The van der Waals surface area contributed by atoms with Gasteiger partial charge in [-0.2, -0.15) is 5.26 Å². The summed E-state index contributed by atoms with van der Waals surface area (Å²) in [6, 6.07) is 81.8. The van der Waals surface area contributed by atoms with E-state index in [0.717, 1.165) is 71.0 Å². The van der Waals surface area contributed by atoms with Crippen molar-refractivity contribution in [1.29, 1.82) is 5.26 Å². The number of hydrogen-bond acceptors (Lipinski definition) is 6. The van der Waals surface area contributed by atoms with E-state index in [-0.39, 0.29) is 10.8 Å². The maximum Gasteiger partial charge on any atom is 0.126 e. The summed E-state index contributed by atoms with van der Waals surface area (Å²) < 4.78 is 10.9. The average Bonchev–Trinajstić information content (AvgIpc) is 2.71. The van der Waals surface area contributed by atoms with Crippen LogP contribution in [-0.4, -0.2) is 9.55 Å². The van der Waals surface area contributed by atoms with Crippen molar-refractivity contribution < 1.29 is 0 Å². The Morgan fingerprint density at radius 2 is 0.747 bits per heavy atom. The van der Waals surface area contributed by atoms with E-state index in [1.54, 1.807) is 11.3 Å². The van der Waals surface area contributed by atoms with Crippen molar-refractivity contribution in [3.8, 4) is 66.8 Å². The number of thiophene rings is 3. The fourth-order valence-corrected chi connectivity index (χ4v) is 17.3. The third-order valence-electron chi connectivity index (χ3n) is 17.0. The van der Waals surface area contributed by atoms with Crippen molar-refractivity contribution in [3.63, 3.8) is 0 Å². The highest BCUT2D eigenvalue weighted by Gasteiger charge is 2.32. The molecule has 16 aromatic rings. The second kappa shape index (κ2) is 18.6. The van der Waals surface area contributed by atoms with Crippen LogP contribution in [0.4, 0.5) is 0 Å². The molecule has 0 aliphatic carbocycles. The first-order valence-electron chi connectivity index (χ1n) is 28.3. The van der Waals surface area contributed by atoms with Crippen LogP contribution in [0.5, 0.6) is 0 Å². The van der Waals surface area contributed by atoms with Crippen LogP contribution in [-0.2, 0) is 10.8 Å². The smallest absolute Gasteiger partial charge is 0.126 e. The molecule has 0 aliphatic rings. The molecule has 7 heteroatoms. The fourth-order valence-electron chi connectivity index (χ4n) is 12.9. The van der Waals surface area contributed by atoms with E-state index < -0.39 is 0 Å². The van der Waals surface area contributed by atoms with Gasteiger partial charge in [-0.25, -0.2) is 4.98 Å². The summed E-state index contributed by atoms with van der Waals surface area (Å²) in [6.07, 6.45) is 0. The molecule has 0 radical (unpaired) electrons. The number of benzene rings is 11. The third-order valence-corrected chi connectivity index (χ3v) is 21.5. The largest absolute Gasteiger partial charge is 0.309 e. The molecule has 3 nitrogen and oxygen atoms in total. The van der Waals surface area contributed by atoms with E-state index in [4.69, 9.17) is 4.98 Å². The molecule has 5 aromatic heterocycles. The molecule has 5 heterocycles. The Bertz CT molecular complexity index is 5320. The molecular weight excluding hydrogens is 1080 g/mol. The maximum absolute atomic E-state index is 12.4. The van der Waals surface area contributed by atoms with Gasteiger partial charge in [0.2, 0.25) is 0 Å². The van der Waals surface area contributed by atoms with Crippen LogP contribution in [0, 0.1) is 11.3 Å². The molecule has 83 heavy (non-hydrogen) atoms. The van der Waals surface area contributed by atoms with Gasteiger partial charge in [-0.1, -0.05) is 169 Å². The monoisotopic (exact) mass is 1140 g/mol. The molecule has 0 saturated carbocycles. The lowest BCUT2D eigenvalue weighted by molar-refractivity contribution is 0.590. The molecule has 0 spiro atoms. The fraction of sp³-hybridized carbons (Fsp3) is 0.105. The first kappa shape index (κ1) is 50.0. The van der Waals surface area contributed by atoms with Gasteiger partial charge in [-0.05, 0) is 140 Å². The molecule has 0 unspecified atom stereocenters. The quantitative estimate of drug-likeness (QED) is 0.166. The van der Waals surface area contributed by atoms with Gasteiger partial charge in [0.15, 0.2) is 0 Å². The lowest BCUT2D eigenvalue weighted by atomic mass is 9.77. The van der Waals surface area contributed by atoms with Gasteiger partial charge >= 0.3 is 0 Å². The molecular formula is C76H53N3S4. The summed E-state index contributed by atoms with van der Waals surface area (Å²) in [5, 5.41) is 23.1. The topological polar surface area (TPSA) is 41.6 Å². The highest BCUT2D eigenvalue weighted by molar-refractivity contribution is 7.26. The number of para-hydroxylation sites is 1. The van der Waals surface area contributed by atoms with Gasteiger partial charge in [-0.15, -0.1) is 45.3 Å². The minimum absolute atomic E-state index is 0.0162. The molecule has 11 aromatic carbocycles. The van der Waals surface area contributed by atoms with Crippen molar-refractivity contribution in [2.75, 3.05) is 0 Å². The second-order valence-corrected chi connectivity index (χ2v) is 28.4. The zero-order valence-corrected chi connectivity index (χ0v) is 49.9. The lowest BCUT2D eigenvalue weighted by Gasteiger charge is -2.25. The van der Waals surface area contributed by atoms with E-state index >= 15 is 0 Å². The molecule has 0 saturated heterocycles. The summed E-state index contributed by atoms with van der Waals surface area (Å²) in [5.41, 5.74) is 16.5. The maximum atomic E-state index is 12.4. The van der Waals surface area contributed by atoms with E-state index in [9.17, 15) is 5.26 Å². The first-order chi connectivity index (χ1) is 40.3. The Balaban J connectivity index is 1.05. The van der Waals surface area contributed by atoms with E-state index in [1.165, 1.54) is 93.4 Å². The van der Waals surface area contributed by atoms with E-state index in [0.29, 0.717) is 5.56 Å². The highest BCUT2D eigenvalue weighted by Crippen LogP contribution is 2.56. The number of thiazole rings is 1. The SMILES string of the molecule is CC(C)(C)c1ccc2c(c1)c1cc(C(C)(C)C)ccc1n2-c1ccc(-c2c(-c3ccc4c(c3)sc3ccccc34)c(C#N)c(-c3nc4ccccc4s3)c(-c3ccc4c(c3)sc3ccccc34)c2-c2ccc3c(c2)sc2ccccc23)cc1. The van der Waals surface area contributed by atoms with Crippen molar-refractivity contribution >= 4 is 138 Å². The van der Waals surface area contributed by atoms with Crippen LogP contribution in [0.1, 0.15) is 58.2 Å². The van der Waals surface area contributed by atoms with Crippen molar-refractivity contribution in [1.82, 2.24) is 9.55 Å². The minimum Gasteiger partial charge on any atom is -0.309 e. The van der Waals surface area contributed by atoms with Crippen molar-refractivity contribution in [2.24, 2.45) is 0 Å². The van der Waals surface area contributed by atoms with Crippen LogP contribution >= 0.6 is 45.3 Å². The zero-order valence-electron chi connectivity index (χ0n) is 46.7. The molecule has 0 aliphatic heterocycles. The third kappa shape index (κ3) is 7.95. The Kier molecular flexibility index (Phi) is 11.2. The van der Waals surface area contributed by atoms with Crippen LogP contribution in [0.15, 0.2) is 212 Å². The summed E-state index contributed by atoms with van der Waals surface area (Å²) >= 11 is 7.13. The van der Waals surface area contributed by atoms with E-state index in [2.05, 4.69) is 265 Å². The number of rotatable bonds is 6. The predicted octanol–water partition coefficient (Wildman–Crippen LogP) is 23.3. The van der Waals surface area contributed by atoms with Crippen LogP contribution in [0.2, 0.25) is 0 Å². The van der Waals surface area contributed by atoms with Gasteiger partial charge in [0.1, 0.15) is 11.1 Å². The van der Waals surface area contributed by atoms with Gasteiger partial charge in [0.05, 0.1) is 26.8 Å². The normalized spacial score (nSPS) is 12.4. The molecule has 0 atom stereocenters. The van der Waals surface area contributed by atoms with E-state index in [1.807, 2.05) is 34.0 Å². The number of hydrogen-bond donors (Lipinski definition) is 0. The summed E-state index contributed by atoms with van der Waals surface area (Å²) in [5.74, 6) is 0. The average molecular weight is 1140 g/mol. The summed E-state index contributed by atoms with van der Waals surface area (Å²) in [7, 11) is 0. The Labute approximate surface area is 497 Å². The molecule has 0 amide bonds. The van der Waals surface area contributed by atoms with Gasteiger partial charge < -0.3 is 4.57 Å². The lowest BCUT2D eigenvalue weighted by Crippen LogP contribution is -2.10. The molecule has 16 rings (SSSR count). The highest BCUT2D eigenvalue weighted by atomic mass is 32.1. The number of aromatic nitrogens is 2. The Morgan fingerprint density at radius 3 is 1.20 bits per heavy atom. The van der Waals surface area contributed by atoms with Crippen LogP contribution < -0.4 is 0 Å². The van der Waals surface area contributed by atoms with Crippen molar-refractivity contribution in [3.05, 3.63) is 229 Å².